The second kappa shape index (κ2) is 6.46. The summed E-state index contributed by atoms with van der Waals surface area (Å²) < 4.78 is 26.8. The molecule has 1 aromatic carbocycles. The number of sulfonamides is 1. The minimum atomic E-state index is -3.25. The number of benzene rings is 1. The van der Waals surface area contributed by atoms with Gasteiger partial charge in [0.2, 0.25) is 10.0 Å². The van der Waals surface area contributed by atoms with Gasteiger partial charge in [-0.15, -0.1) is 11.6 Å². The Kier molecular flexibility index (Phi) is 5.10. The molecule has 1 aromatic rings. The summed E-state index contributed by atoms with van der Waals surface area (Å²) in [6.07, 6.45) is 0.899. The van der Waals surface area contributed by atoms with Crippen molar-refractivity contribution in [3.8, 4) is 0 Å². The zero-order valence-corrected chi connectivity index (χ0v) is 13.6. The lowest BCUT2D eigenvalue weighted by Crippen LogP contribution is -2.40. The Bertz CT molecular complexity index is 532. The van der Waals surface area contributed by atoms with Gasteiger partial charge in [0, 0.05) is 18.5 Å². The largest absolute Gasteiger partial charge is 0.214 e. The molecule has 1 fully saturated rings. The maximum Gasteiger partial charge on any atom is 0.214 e. The first kappa shape index (κ1) is 15.8. The molecule has 0 N–H and O–H groups in total. The molecule has 1 aliphatic heterocycles. The number of nitrogens with zero attached hydrogens (tertiary/aromatic N) is 1. The number of hydrogen-bond donors (Lipinski definition) is 0. The first-order valence-electron chi connectivity index (χ1n) is 7.06. The van der Waals surface area contributed by atoms with Crippen LogP contribution < -0.4 is 0 Å². The van der Waals surface area contributed by atoms with Gasteiger partial charge in [-0.2, -0.15) is 4.31 Å². The Morgan fingerprint density at radius 3 is 2.60 bits per heavy atom. The molecule has 112 valence electrons. The molecule has 0 bridgehead atoms. The van der Waals surface area contributed by atoms with Gasteiger partial charge in [0.25, 0.3) is 0 Å². The lowest BCUT2D eigenvalue weighted by Gasteiger charge is -2.26. The molecule has 0 spiro atoms. The molecule has 3 atom stereocenters. The van der Waals surface area contributed by atoms with Crippen LogP contribution in [0.3, 0.4) is 0 Å². The number of rotatable bonds is 5. The average molecular weight is 316 g/mol. The van der Waals surface area contributed by atoms with Crippen molar-refractivity contribution in [1.82, 2.24) is 4.31 Å². The zero-order chi connectivity index (χ0) is 14.8. The highest BCUT2D eigenvalue weighted by atomic mass is 35.5. The first-order chi connectivity index (χ1) is 9.45. The van der Waals surface area contributed by atoms with Gasteiger partial charge in [-0.25, -0.2) is 8.42 Å². The van der Waals surface area contributed by atoms with Gasteiger partial charge >= 0.3 is 0 Å². The Morgan fingerprint density at radius 2 is 2.00 bits per heavy atom. The minimum absolute atomic E-state index is 0.00641. The van der Waals surface area contributed by atoms with E-state index in [4.69, 9.17) is 11.6 Å². The molecule has 0 aliphatic carbocycles. The normalized spacial score (nSPS) is 25.8. The van der Waals surface area contributed by atoms with Gasteiger partial charge in [-0.05, 0) is 23.8 Å². The van der Waals surface area contributed by atoms with Crippen molar-refractivity contribution in [3.05, 3.63) is 35.9 Å². The Balaban J connectivity index is 2.12. The molecule has 0 amide bonds. The molecule has 1 heterocycles. The number of halogens is 1. The molecule has 5 heteroatoms. The standard InChI is InChI=1S/C15H22ClNO2S/c1-12-8-9-17(15(12)10-16)20(18,19)11-13(2)14-6-4-3-5-7-14/h3-7,12-13,15H,8-11H2,1-2H3. The SMILES string of the molecule is CC(CS(=O)(=O)N1CCC(C)C1CCl)c1ccccc1. The molecular weight excluding hydrogens is 294 g/mol. The highest BCUT2D eigenvalue weighted by molar-refractivity contribution is 7.89. The van der Waals surface area contributed by atoms with E-state index in [1.807, 2.05) is 37.3 Å². The molecular formula is C15H22ClNO2S. The Labute approximate surface area is 127 Å². The quantitative estimate of drug-likeness (QED) is 0.783. The third kappa shape index (κ3) is 3.35. The lowest BCUT2D eigenvalue weighted by atomic mass is 10.0. The summed E-state index contributed by atoms with van der Waals surface area (Å²) in [5, 5.41) is 0. The van der Waals surface area contributed by atoms with Crippen molar-refractivity contribution in [3.63, 3.8) is 0 Å². The zero-order valence-electron chi connectivity index (χ0n) is 12.0. The Morgan fingerprint density at radius 1 is 1.35 bits per heavy atom. The molecule has 0 aromatic heterocycles. The van der Waals surface area contributed by atoms with E-state index in [-0.39, 0.29) is 17.7 Å². The van der Waals surface area contributed by atoms with Crippen LogP contribution in [0.25, 0.3) is 0 Å². The van der Waals surface area contributed by atoms with E-state index in [1.54, 1.807) is 4.31 Å². The second-order valence-electron chi connectivity index (χ2n) is 5.69. The molecule has 1 aliphatic rings. The second-order valence-corrected chi connectivity index (χ2v) is 7.96. The topological polar surface area (TPSA) is 37.4 Å². The van der Waals surface area contributed by atoms with Crippen LogP contribution >= 0.6 is 11.6 Å². The fourth-order valence-corrected chi connectivity index (χ4v) is 5.48. The summed E-state index contributed by atoms with van der Waals surface area (Å²) in [6.45, 7) is 4.63. The van der Waals surface area contributed by atoms with Crippen LogP contribution in [0.15, 0.2) is 30.3 Å². The fraction of sp³-hybridized carbons (Fsp3) is 0.600. The van der Waals surface area contributed by atoms with Gasteiger partial charge in [0.1, 0.15) is 0 Å². The van der Waals surface area contributed by atoms with Crippen LogP contribution in [0.5, 0.6) is 0 Å². The van der Waals surface area contributed by atoms with Crippen LogP contribution in [0.1, 0.15) is 31.7 Å². The summed E-state index contributed by atoms with van der Waals surface area (Å²) in [5.74, 6) is 0.861. The molecule has 3 unspecified atom stereocenters. The van der Waals surface area contributed by atoms with Crippen molar-refractivity contribution in [2.45, 2.75) is 32.2 Å². The predicted molar refractivity (Wildman–Crippen MR) is 83.6 cm³/mol. The summed E-state index contributed by atoms with van der Waals surface area (Å²) in [7, 11) is -3.25. The Hall–Kier alpha value is -0.580. The third-order valence-electron chi connectivity index (χ3n) is 4.18. The lowest BCUT2D eigenvalue weighted by molar-refractivity contribution is 0.374. The summed E-state index contributed by atoms with van der Waals surface area (Å²) >= 11 is 5.95. The van der Waals surface area contributed by atoms with Crippen LogP contribution in [0, 0.1) is 5.92 Å². The smallest absolute Gasteiger partial charge is 0.212 e. The maximum absolute atomic E-state index is 12.6. The van der Waals surface area contributed by atoms with Crippen LogP contribution in [-0.2, 0) is 10.0 Å². The highest BCUT2D eigenvalue weighted by Gasteiger charge is 2.38. The average Bonchev–Trinajstić information content (AvgIpc) is 2.81. The molecule has 2 rings (SSSR count). The van der Waals surface area contributed by atoms with Gasteiger partial charge < -0.3 is 0 Å². The molecule has 3 nitrogen and oxygen atoms in total. The molecule has 1 saturated heterocycles. The van der Waals surface area contributed by atoms with Crippen molar-refractivity contribution in [2.24, 2.45) is 5.92 Å². The highest BCUT2D eigenvalue weighted by Crippen LogP contribution is 2.29. The maximum atomic E-state index is 12.6. The van der Waals surface area contributed by atoms with Crippen LogP contribution in [0.2, 0.25) is 0 Å². The van der Waals surface area contributed by atoms with E-state index in [2.05, 4.69) is 6.92 Å². The minimum Gasteiger partial charge on any atom is -0.212 e. The van der Waals surface area contributed by atoms with Gasteiger partial charge in [-0.1, -0.05) is 44.2 Å². The van der Waals surface area contributed by atoms with Crippen molar-refractivity contribution < 1.29 is 8.42 Å². The van der Waals surface area contributed by atoms with Crippen LogP contribution in [-0.4, -0.2) is 36.9 Å². The van der Waals surface area contributed by atoms with Gasteiger partial charge in [-0.3, -0.25) is 0 Å². The number of hydrogen-bond acceptors (Lipinski definition) is 2. The molecule has 20 heavy (non-hydrogen) atoms. The summed E-state index contributed by atoms with van der Waals surface area (Å²) in [4.78, 5) is 0. The summed E-state index contributed by atoms with van der Waals surface area (Å²) in [6, 6.07) is 9.73. The van der Waals surface area contributed by atoms with Crippen molar-refractivity contribution in [1.29, 1.82) is 0 Å². The van der Waals surface area contributed by atoms with Crippen LogP contribution in [0.4, 0.5) is 0 Å². The summed E-state index contributed by atoms with van der Waals surface area (Å²) in [5.41, 5.74) is 1.06. The van der Waals surface area contributed by atoms with E-state index in [1.165, 1.54) is 0 Å². The van der Waals surface area contributed by atoms with Gasteiger partial charge in [0.05, 0.1) is 5.75 Å². The van der Waals surface area contributed by atoms with Crippen molar-refractivity contribution in [2.75, 3.05) is 18.2 Å². The van der Waals surface area contributed by atoms with E-state index < -0.39 is 10.0 Å². The van der Waals surface area contributed by atoms with E-state index >= 15 is 0 Å². The van der Waals surface area contributed by atoms with Crippen molar-refractivity contribution >= 4 is 21.6 Å². The fourth-order valence-electron chi connectivity index (χ4n) is 2.84. The molecule has 0 radical (unpaired) electrons. The monoisotopic (exact) mass is 315 g/mol. The van der Waals surface area contributed by atoms with E-state index in [9.17, 15) is 8.42 Å². The number of alkyl halides is 1. The van der Waals surface area contributed by atoms with E-state index in [0.717, 1.165) is 12.0 Å². The van der Waals surface area contributed by atoms with Gasteiger partial charge in [0.15, 0.2) is 0 Å². The van der Waals surface area contributed by atoms with E-state index in [0.29, 0.717) is 18.3 Å². The third-order valence-corrected chi connectivity index (χ3v) is 6.58. The predicted octanol–water partition coefficient (Wildman–Crippen LogP) is 3.07. The molecule has 0 saturated carbocycles. The first-order valence-corrected chi connectivity index (χ1v) is 9.20.